The van der Waals surface area contributed by atoms with Gasteiger partial charge in [-0.3, -0.25) is 15.0 Å². The maximum absolute atomic E-state index is 12.1. The number of aromatic nitrogens is 1. The highest BCUT2D eigenvalue weighted by atomic mass is 32.2. The fraction of sp³-hybridized carbons (Fsp3) is 0.308. The first-order chi connectivity index (χ1) is 10.5. The number of carbonyl (C=O) groups excluding carboxylic acids is 2. The molecule has 0 bridgehead atoms. The predicted molar refractivity (Wildman–Crippen MR) is 86.5 cm³/mol. The Balaban J connectivity index is 2.07. The molecule has 118 valence electrons. The molecular weight excluding hydrogens is 304 g/mol. The highest BCUT2D eigenvalue weighted by molar-refractivity contribution is 8.03. The molecule has 8 nitrogen and oxygen atoms in total. The number of rotatable bonds is 7. The van der Waals surface area contributed by atoms with Crippen LogP contribution in [0.4, 0.5) is 5.69 Å². The summed E-state index contributed by atoms with van der Waals surface area (Å²) in [6.45, 7) is 0.323. The van der Waals surface area contributed by atoms with Gasteiger partial charge in [0.25, 0.3) is 5.91 Å². The lowest BCUT2D eigenvalue weighted by Gasteiger charge is -2.22. The number of hydrogen-bond acceptors (Lipinski definition) is 5. The van der Waals surface area contributed by atoms with Gasteiger partial charge in [-0.15, -0.1) is 0 Å². The minimum Gasteiger partial charge on any atom is -0.388 e. The summed E-state index contributed by atoms with van der Waals surface area (Å²) < 4.78 is 1.72. The van der Waals surface area contributed by atoms with Crippen LogP contribution in [-0.2, 0) is 11.8 Å². The number of amides is 2. The van der Waals surface area contributed by atoms with E-state index in [0.717, 1.165) is 5.69 Å². The Kier molecular flexibility index (Phi) is 5.10. The lowest BCUT2D eigenvalue weighted by atomic mass is 10.3. The molecule has 22 heavy (non-hydrogen) atoms. The normalized spacial score (nSPS) is 16.6. The first kappa shape index (κ1) is 16.0. The molecule has 1 unspecified atom stereocenters. The lowest BCUT2D eigenvalue weighted by molar-refractivity contribution is -0.109. The Labute approximate surface area is 132 Å². The molecule has 0 spiro atoms. The van der Waals surface area contributed by atoms with Crippen molar-refractivity contribution in [2.75, 3.05) is 11.4 Å². The number of amidine groups is 1. The number of carbonyl (C=O) groups is 2. The number of hydrogen-bond donors (Lipinski definition) is 4. The minimum atomic E-state index is -0.231. The van der Waals surface area contributed by atoms with Crippen molar-refractivity contribution in [3.63, 3.8) is 0 Å². The van der Waals surface area contributed by atoms with Crippen molar-refractivity contribution >= 4 is 35.6 Å². The third-order valence-corrected chi connectivity index (χ3v) is 3.99. The van der Waals surface area contributed by atoms with Gasteiger partial charge < -0.3 is 25.8 Å². The summed E-state index contributed by atoms with van der Waals surface area (Å²) in [5.41, 5.74) is 6.34. The Morgan fingerprint density at radius 1 is 1.59 bits per heavy atom. The first-order valence-corrected chi connectivity index (χ1v) is 7.55. The van der Waals surface area contributed by atoms with Crippen molar-refractivity contribution < 1.29 is 9.59 Å². The Morgan fingerprint density at radius 2 is 2.36 bits per heavy atom. The van der Waals surface area contributed by atoms with E-state index in [1.165, 1.54) is 11.8 Å². The highest BCUT2D eigenvalue weighted by Gasteiger charge is 2.23. The van der Waals surface area contributed by atoms with E-state index in [1.807, 2.05) is 22.7 Å². The SMILES string of the molecule is Cn1cc(N2C=CSC2NC=O)cc1C(=O)NCCC(=N)N. The monoisotopic (exact) mass is 322 g/mol. The van der Waals surface area contributed by atoms with Gasteiger partial charge in [0.1, 0.15) is 5.69 Å². The van der Waals surface area contributed by atoms with Gasteiger partial charge in [-0.05, 0) is 11.5 Å². The summed E-state index contributed by atoms with van der Waals surface area (Å²) in [6, 6.07) is 1.75. The van der Waals surface area contributed by atoms with Gasteiger partial charge in [0, 0.05) is 32.4 Å². The van der Waals surface area contributed by atoms with Gasteiger partial charge in [-0.1, -0.05) is 11.8 Å². The summed E-state index contributed by atoms with van der Waals surface area (Å²) >= 11 is 1.47. The second-order valence-electron chi connectivity index (χ2n) is 4.69. The van der Waals surface area contributed by atoms with E-state index in [2.05, 4.69) is 10.6 Å². The summed E-state index contributed by atoms with van der Waals surface area (Å²) in [7, 11) is 1.78. The maximum Gasteiger partial charge on any atom is 0.267 e. The van der Waals surface area contributed by atoms with Crippen molar-refractivity contribution in [3.8, 4) is 0 Å². The molecule has 0 aromatic carbocycles. The van der Waals surface area contributed by atoms with Crippen LogP contribution in [0.2, 0.25) is 0 Å². The first-order valence-electron chi connectivity index (χ1n) is 6.60. The molecule has 2 rings (SSSR count). The zero-order chi connectivity index (χ0) is 16.1. The second kappa shape index (κ2) is 7.03. The third-order valence-electron chi connectivity index (χ3n) is 3.09. The van der Waals surface area contributed by atoms with Crippen LogP contribution in [0, 0.1) is 5.41 Å². The third kappa shape index (κ3) is 3.61. The number of nitrogens with two attached hydrogens (primary N) is 1. The van der Waals surface area contributed by atoms with Crippen LogP contribution < -0.4 is 21.3 Å². The van der Waals surface area contributed by atoms with Crippen LogP contribution in [-0.4, -0.2) is 34.8 Å². The zero-order valence-corrected chi connectivity index (χ0v) is 12.9. The summed E-state index contributed by atoms with van der Waals surface area (Å²) in [4.78, 5) is 24.6. The van der Waals surface area contributed by atoms with E-state index in [0.29, 0.717) is 25.1 Å². The molecule has 1 aromatic rings. The molecule has 0 saturated heterocycles. The van der Waals surface area contributed by atoms with Crippen molar-refractivity contribution in [3.05, 3.63) is 29.6 Å². The molecule has 1 aromatic heterocycles. The maximum atomic E-state index is 12.1. The average Bonchev–Trinajstić information content (AvgIpc) is 3.05. The minimum absolute atomic E-state index is 0.0369. The van der Waals surface area contributed by atoms with Gasteiger partial charge in [-0.2, -0.15) is 0 Å². The molecule has 1 aliphatic rings. The molecule has 0 aliphatic carbocycles. The molecular formula is C13H18N6O2S. The van der Waals surface area contributed by atoms with Crippen LogP contribution in [0.3, 0.4) is 0 Å². The number of thioether (sulfide) groups is 1. The van der Waals surface area contributed by atoms with E-state index in [9.17, 15) is 9.59 Å². The molecule has 5 N–H and O–H groups in total. The van der Waals surface area contributed by atoms with Crippen molar-refractivity contribution in [1.29, 1.82) is 5.41 Å². The molecule has 0 saturated carbocycles. The predicted octanol–water partition coefficient (Wildman–Crippen LogP) is 0.135. The molecule has 0 fully saturated rings. The molecule has 2 heterocycles. The standard InChI is InChI=1S/C13H18N6O2S/c1-18-7-9(19-4-5-22-13(19)17-8-20)6-10(18)12(21)16-3-2-11(14)15/h4-8,13H,2-3H2,1H3,(H3,14,15)(H,16,21)(H,17,20). The molecule has 0 radical (unpaired) electrons. The summed E-state index contributed by atoms with van der Waals surface area (Å²) in [5.74, 6) is -0.194. The van der Waals surface area contributed by atoms with E-state index in [-0.39, 0.29) is 17.2 Å². The van der Waals surface area contributed by atoms with E-state index >= 15 is 0 Å². The van der Waals surface area contributed by atoms with Crippen molar-refractivity contribution in [1.82, 2.24) is 15.2 Å². The lowest BCUT2D eigenvalue weighted by Crippen LogP contribution is -2.36. The summed E-state index contributed by atoms with van der Waals surface area (Å²) in [6.07, 6.45) is 4.63. The van der Waals surface area contributed by atoms with Crippen LogP contribution in [0.25, 0.3) is 0 Å². The largest absolute Gasteiger partial charge is 0.388 e. The number of anilines is 1. The Bertz CT molecular complexity index is 612. The van der Waals surface area contributed by atoms with Crippen LogP contribution in [0.15, 0.2) is 23.9 Å². The molecule has 2 amide bonds. The molecule has 1 atom stereocenters. The van der Waals surface area contributed by atoms with Gasteiger partial charge in [-0.25, -0.2) is 0 Å². The number of nitrogens with one attached hydrogen (secondary N) is 3. The van der Waals surface area contributed by atoms with Crippen LogP contribution in [0.5, 0.6) is 0 Å². The summed E-state index contributed by atoms with van der Waals surface area (Å²) in [5, 5.41) is 14.4. The quantitative estimate of drug-likeness (QED) is 0.324. The highest BCUT2D eigenvalue weighted by Crippen LogP contribution is 2.30. The Morgan fingerprint density at radius 3 is 3.05 bits per heavy atom. The Hall–Kier alpha value is -2.42. The van der Waals surface area contributed by atoms with Gasteiger partial charge >= 0.3 is 0 Å². The van der Waals surface area contributed by atoms with Crippen molar-refractivity contribution in [2.45, 2.75) is 11.9 Å². The topological polar surface area (TPSA) is 116 Å². The average molecular weight is 322 g/mol. The van der Waals surface area contributed by atoms with Crippen molar-refractivity contribution in [2.24, 2.45) is 12.8 Å². The van der Waals surface area contributed by atoms with E-state index < -0.39 is 0 Å². The molecule has 1 aliphatic heterocycles. The van der Waals surface area contributed by atoms with E-state index in [1.54, 1.807) is 17.7 Å². The van der Waals surface area contributed by atoms with Crippen LogP contribution >= 0.6 is 11.8 Å². The molecule has 9 heteroatoms. The van der Waals surface area contributed by atoms with Gasteiger partial charge in [0.15, 0.2) is 5.50 Å². The smallest absolute Gasteiger partial charge is 0.267 e. The number of aryl methyl sites for hydroxylation is 1. The second-order valence-corrected chi connectivity index (χ2v) is 5.68. The van der Waals surface area contributed by atoms with Gasteiger partial charge in [0.05, 0.1) is 11.5 Å². The number of nitrogens with zero attached hydrogens (tertiary/aromatic N) is 2. The fourth-order valence-electron chi connectivity index (χ4n) is 2.03. The zero-order valence-electron chi connectivity index (χ0n) is 12.1. The fourth-order valence-corrected chi connectivity index (χ4v) is 2.84. The van der Waals surface area contributed by atoms with E-state index in [4.69, 9.17) is 11.1 Å². The van der Waals surface area contributed by atoms with Gasteiger partial charge in [0.2, 0.25) is 6.41 Å². The van der Waals surface area contributed by atoms with Crippen LogP contribution in [0.1, 0.15) is 16.9 Å².